The summed E-state index contributed by atoms with van der Waals surface area (Å²) in [5.41, 5.74) is 0. The van der Waals surface area contributed by atoms with Crippen molar-refractivity contribution < 1.29 is 9.53 Å². The fraction of sp³-hybridized carbons (Fsp3) is 0.941. The van der Waals surface area contributed by atoms with Crippen LogP contribution < -0.4 is 0 Å². The second-order valence-corrected chi connectivity index (χ2v) is 7.08. The van der Waals surface area contributed by atoms with Gasteiger partial charge in [0, 0.05) is 38.2 Å². The van der Waals surface area contributed by atoms with Gasteiger partial charge in [-0.3, -0.25) is 9.69 Å². The highest BCUT2D eigenvalue weighted by atomic mass is 16.5. The summed E-state index contributed by atoms with van der Waals surface area (Å²) in [5.74, 6) is 1.09. The molecule has 2 unspecified atom stereocenters. The van der Waals surface area contributed by atoms with E-state index in [1.54, 1.807) is 0 Å². The molecule has 2 saturated heterocycles. The van der Waals surface area contributed by atoms with Crippen molar-refractivity contribution in [1.82, 2.24) is 9.80 Å². The lowest BCUT2D eigenvalue weighted by Crippen LogP contribution is -2.41. The normalized spacial score (nSPS) is 27.7. The molecule has 4 heteroatoms. The van der Waals surface area contributed by atoms with Gasteiger partial charge in [0.2, 0.25) is 5.91 Å². The molecule has 2 fully saturated rings. The highest BCUT2D eigenvalue weighted by molar-refractivity contribution is 5.76. The number of hydrogen-bond acceptors (Lipinski definition) is 3. The van der Waals surface area contributed by atoms with Crippen LogP contribution >= 0.6 is 0 Å². The Labute approximate surface area is 129 Å². The van der Waals surface area contributed by atoms with E-state index in [2.05, 4.69) is 30.7 Å². The molecule has 0 aromatic rings. The molecule has 0 saturated carbocycles. The zero-order chi connectivity index (χ0) is 15.2. The molecule has 0 spiro atoms. The second-order valence-electron chi connectivity index (χ2n) is 7.08. The second kappa shape index (κ2) is 8.14. The van der Waals surface area contributed by atoms with E-state index in [0.29, 0.717) is 24.4 Å². The SMILES string of the molecule is CC(C)CCCN1CCC(N(C)C2CCOC2)CCC1=O. The Morgan fingerprint density at radius 2 is 2.10 bits per heavy atom. The summed E-state index contributed by atoms with van der Waals surface area (Å²) in [4.78, 5) is 16.8. The molecular formula is C17H32N2O2. The minimum absolute atomic E-state index is 0.359. The van der Waals surface area contributed by atoms with Crippen LogP contribution in [0.5, 0.6) is 0 Å². The van der Waals surface area contributed by atoms with Crippen molar-refractivity contribution >= 4 is 5.91 Å². The molecule has 0 N–H and O–H groups in total. The zero-order valence-corrected chi connectivity index (χ0v) is 14.0. The van der Waals surface area contributed by atoms with Gasteiger partial charge >= 0.3 is 0 Å². The summed E-state index contributed by atoms with van der Waals surface area (Å²) in [6.45, 7) is 8.12. The van der Waals surface area contributed by atoms with E-state index in [1.807, 2.05) is 0 Å². The molecule has 2 heterocycles. The van der Waals surface area contributed by atoms with Gasteiger partial charge in [-0.1, -0.05) is 13.8 Å². The number of likely N-dealkylation sites (N-methyl/N-ethyl adjacent to an activating group) is 1. The van der Waals surface area contributed by atoms with Crippen LogP contribution in [0.2, 0.25) is 0 Å². The Bertz CT molecular complexity index is 327. The molecule has 0 aliphatic carbocycles. The van der Waals surface area contributed by atoms with Crippen molar-refractivity contribution in [3.8, 4) is 0 Å². The predicted octanol–water partition coefficient (Wildman–Crippen LogP) is 2.52. The van der Waals surface area contributed by atoms with Crippen LogP contribution in [0.3, 0.4) is 0 Å². The lowest BCUT2D eigenvalue weighted by molar-refractivity contribution is -0.130. The summed E-state index contributed by atoms with van der Waals surface area (Å²) in [5, 5.41) is 0. The number of likely N-dealkylation sites (tertiary alicyclic amines) is 1. The van der Waals surface area contributed by atoms with E-state index < -0.39 is 0 Å². The Morgan fingerprint density at radius 3 is 2.76 bits per heavy atom. The number of carbonyl (C=O) groups excluding carboxylic acids is 1. The predicted molar refractivity (Wildman–Crippen MR) is 85.3 cm³/mol. The topological polar surface area (TPSA) is 32.8 Å². The first-order chi connectivity index (χ1) is 10.1. The Kier molecular flexibility index (Phi) is 6.49. The van der Waals surface area contributed by atoms with Gasteiger partial charge in [0.1, 0.15) is 0 Å². The van der Waals surface area contributed by atoms with Gasteiger partial charge in [-0.2, -0.15) is 0 Å². The van der Waals surface area contributed by atoms with Gasteiger partial charge in [-0.15, -0.1) is 0 Å². The summed E-state index contributed by atoms with van der Waals surface area (Å²) >= 11 is 0. The summed E-state index contributed by atoms with van der Waals surface area (Å²) in [6, 6.07) is 1.09. The van der Waals surface area contributed by atoms with Crippen LogP contribution in [0.1, 0.15) is 52.4 Å². The molecule has 0 aromatic heterocycles. The third kappa shape index (κ3) is 4.96. The van der Waals surface area contributed by atoms with Gasteiger partial charge in [0.25, 0.3) is 0 Å². The number of ether oxygens (including phenoxy) is 1. The summed E-state index contributed by atoms with van der Waals surface area (Å²) in [7, 11) is 2.21. The van der Waals surface area contributed by atoms with Crippen LogP contribution in [-0.4, -0.2) is 61.1 Å². The third-order valence-electron chi connectivity index (χ3n) is 5.04. The van der Waals surface area contributed by atoms with Crippen molar-refractivity contribution in [1.29, 1.82) is 0 Å². The quantitative estimate of drug-likeness (QED) is 0.755. The van der Waals surface area contributed by atoms with E-state index in [-0.39, 0.29) is 0 Å². The van der Waals surface area contributed by atoms with Crippen LogP contribution in [0.4, 0.5) is 0 Å². The first-order valence-electron chi connectivity index (χ1n) is 8.65. The zero-order valence-electron chi connectivity index (χ0n) is 14.0. The van der Waals surface area contributed by atoms with E-state index in [4.69, 9.17) is 4.74 Å². The highest BCUT2D eigenvalue weighted by Crippen LogP contribution is 2.22. The van der Waals surface area contributed by atoms with Crippen molar-refractivity contribution in [3.63, 3.8) is 0 Å². The lowest BCUT2D eigenvalue weighted by atomic mass is 10.1. The van der Waals surface area contributed by atoms with Crippen molar-refractivity contribution in [2.24, 2.45) is 5.92 Å². The molecule has 2 aliphatic rings. The number of nitrogens with zero attached hydrogens (tertiary/aromatic N) is 2. The smallest absolute Gasteiger partial charge is 0.222 e. The minimum Gasteiger partial charge on any atom is -0.380 e. The summed E-state index contributed by atoms with van der Waals surface area (Å²) < 4.78 is 5.50. The first-order valence-corrected chi connectivity index (χ1v) is 8.65. The maximum atomic E-state index is 12.3. The minimum atomic E-state index is 0.359. The van der Waals surface area contributed by atoms with E-state index in [9.17, 15) is 4.79 Å². The monoisotopic (exact) mass is 296 g/mol. The van der Waals surface area contributed by atoms with Crippen LogP contribution in [-0.2, 0) is 9.53 Å². The molecule has 21 heavy (non-hydrogen) atoms. The lowest BCUT2D eigenvalue weighted by Gasteiger charge is -2.31. The number of rotatable bonds is 6. The van der Waals surface area contributed by atoms with E-state index >= 15 is 0 Å². The first kappa shape index (κ1) is 16.8. The number of amides is 1. The molecule has 0 aromatic carbocycles. The number of hydrogen-bond donors (Lipinski definition) is 0. The van der Waals surface area contributed by atoms with Gasteiger partial charge < -0.3 is 9.64 Å². The standard InChI is InChI=1S/C17H32N2O2/c1-14(2)5-4-10-19-11-8-15(6-7-17(19)20)18(3)16-9-12-21-13-16/h14-16H,4-13H2,1-3H3. The van der Waals surface area contributed by atoms with Gasteiger partial charge in [-0.05, 0) is 45.1 Å². The fourth-order valence-electron chi connectivity index (χ4n) is 3.50. The van der Waals surface area contributed by atoms with Crippen LogP contribution in [0, 0.1) is 5.92 Å². The maximum absolute atomic E-state index is 12.3. The average molecular weight is 296 g/mol. The van der Waals surface area contributed by atoms with Crippen molar-refractivity contribution in [2.75, 3.05) is 33.4 Å². The largest absolute Gasteiger partial charge is 0.380 e. The van der Waals surface area contributed by atoms with E-state index in [1.165, 1.54) is 6.42 Å². The molecule has 0 radical (unpaired) electrons. The molecule has 0 bridgehead atoms. The molecule has 1 amide bonds. The Hall–Kier alpha value is -0.610. The van der Waals surface area contributed by atoms with Gasteiger partial charge in [0.05, 0.1) is 6.61 Å². The maximum Gasteiger partial charge on any atom is 0.222 e. The molecule has 2 atom stereocenters. The third-order valence-corrected chi connectivity index (χ3v) is 5.04. The molecule has 122 valence electrons. The average Bonchev–Trinajstić information content (AvgIpc) is 2.91. The molecule has 2 rings (SSSR count). The Morgan fingerprint density at radius 1 is 1.29 bits per heavy atom. The molecule has 4 nitrogen and oxygen atoms in total. The summed E-state index contributed by atoms with van der Waals surface area (Å²) in [6.07, 6.45) is 6.32. The van der Waals surface area contributed by atoms with Gasteiger partial charge in [-0.25, -0.2) is 0 Å². The Balaban J connectivity index is 1.80. The fourth-order valence-corrected chi connectivity index (χ4v) is 3.50. The number of carbonyl (C=O) groups is 1. The van der Waals surface area contributed by atoms with E-state index in [0.717, 1.165) is 57.9 Å². The van der Waals surface area contributed by atoms with Crippen molar-refractivity contribution in [2.45, 2.75) is 64.5 Å². The van der Waals surface area contributed by atoms with Crippen LogP contribution in [0.25, 0.3) is 0 Å². The highest BCUT2D eigenvalue weighted by Gasteiger charge is 2.29. The molecule has 2 aliphatic heterocycles. The van der Waals surface area contributed by atoms with Crippen molar-refractivity contribution in [3.05, 3.63) is 0 Å². The van der Waals surface area contributed by atoms with Crippen LogP contribution in [0.15, 0.2) is 0 Å². The molecular weight excluding hydrogens is 264 g/mol. The van der Waals surface area contributed by atoms with Gasteiger partial charge in [0.15, 0.2) is 0 Å².